The van der Waals surface area contributed by atoms with Gasteiger partial charge in [-0.3, -0.25) is 9.59 Å². The van der Waals surface area contributed by atoms with E-state index >= 15 is 0 Å². The van der Waals surface area contributed by atoms with Crippen molar-refractivity contribution in [2.24, 2.45) is 5.92 Å². The maximum atomic E-state index is 11.7. The number of carboxylic acid groups (broad SMARTS) is 1. The summed E-state index contributed by atoms with van der Waals surface area (Å²) in [4.78, 5) is 34.3. The lowest BCUT2D eigenvalue weighted by molar-refractivity contribution is -0.137. The summed E-state index contributed by atoms with van der Waals surface area (Å²) in [5.41, 5.74) is 0. The molecule has 1 rings (SSSR count). The standard InChI is InChI=1S/C11H19N3O4/c1-8(15)12-4-5-13-11(18)14(7-10(16)17)6-9-2-3-9/h9H,2-7H2,1H3,(H,12,15)(H,13,18)(H,16,17). The summed E-state index contributed by atoms with van der Waals surface area (Å²) in [5, 5.41) is 13.9. The summed E-state index contributed by atoms with van der Waals surface area (Å²) in [6, 6.07) is -0.394. The van der Waals surface area contributed by atoms with Gasteiger partial charge in [-0.2, -0.15) is 0 Å². The Hall–Kier alpha value is -1.79. The number of amides is 3. The molecule has 7 nitrogen and oxygen atoms in total. The third-order valence-electron chi connectivity index (χ3n) is 2.56. The zero-order valence-corrected chi connectivity index (χ0v) is 10.4. The summed E-state index contributed by atoms with van der Waals surface area (Å²) >= 11 is 0. The van der Waals surface area contributed by atoms with Crippen molar-refractivity contribution < 1.29 is 19.5 Å². The van der Waals surface area contributed by atoms with Crippen molar-refractivity contribution in [1.29, 1.82) is 0 Å². The van der Waals surface area contributed by atoms with Crippen LogP contribution in [0.15, 0.2) is 0 Å². The number of nitrogens with zero attached hydrogens (tertiary/aromatic N) is 1. The Morgan fingerprint density at radius 2 is 1.83 bits per heavy atom. The van der Waals surface area contributed by atoms with E-state index in [0.29, 0.717) is 25.6 Å². The van der Waals surface area contributed by atoms with Crippen LogP contribution >= 0.6 is 0 Å². The Balaban J connectivity index is 2.28. The molecule has 0 bridgehead atoms. The van der Waals surface area contributed by atoms with Crippen molar-refractivity contribution in [3.05, 3.63) is 0 Å². The molecule has 0 heterocycles. The highest BCUT2D eigenvalue weighted by atomic mass is 16.4. The Bertz CT molecular complexity index is 328. The quantitative estimate of drug-likeness (QED) is 0.542. The normalized spacial score (nSPS) is 13.8. The second-order valence-electron chi connectivity index (χ2n) is 4.43. The lowest BCUT2D eigenvalue weighted by atomic mass is 10.3. The molecule has 0 radical (unpaired) electrons. The fourth-order valence-corrected chi connectivity index (χ4v) is 1.51. The van der Waals surface area contributed by atoms with Gasteiger partial charge in [0.25, 0.3) is 0 Å². The molecule has 0 atom stereocenters. The van der Waals surface area contributed by atoms with Gasteiger partial charge in [0.05, 0.1) is 0 Å². The maximum absolute atomic E-state index is 11.7. The largest absolute Gasteiger partial charge is 0.480 e. The molecule has 1 fully saturated rings. The molecule has 0 saturated heterocycles. The second-order valence-corrected chi connectivity index (χ2v) is 4.43. The Kier molecular flexibility index (Phi) is 5.41. The molecule has 3 amide bonds. The number of rotatable bonds is 7. The first kappa shape index (κ1) is 14.3. The molecule has 0 aromatic carbocycles. The van der Waals surface area contributed by atoms with Crippen LogP contribution in [-0.4, -0.2) is 54.1 Å². The highest BCUT2D eigenvalue weighted by molar-refractivity contribution is 5.80. The van der Waals surface area contributed by atoms with Gasteiger partial charge in [-0.1, -0.05) is 0 Å². The van der Waals surface area contributed by atoms with Crippen LogP contribution in [0, 0.1) is 5.92 Å². The summed E-state index contributed by atoms with van der Waals surface area (Å²) in [7, 11) is 0. The Labute approximate surface area is 106 Å². The highest BCUT2D eigenvalue weighted by Crippen LogP contribution is 2.29. The number of hydrogen-bond donors (Lipinski definition) is 3. The maximum Gasteiger partial charge on any atom is 0.323 e. The minimum absolute atomic E-state index is 0.162. The van der Waals surface area contributed by atoms with Gasteiger partial charge in [-0.15, -0.1) is 0 Å². The third kappa shape index (κ3) is 6.07. The van der Waals surface area contributed by atoms with Gasteiger partial charge in [-0.25, -0.2) is 4.79 Å². The van der Waals surface area contributed by atoms with E-state index in [1.807, 2.05) is 0 Å². The van der Waals surface area contributed by atoms with Crippen LogP contribution < -0.4 is 10.6 Å². The van der Waals surface area contributed by atoms with Crippen LogP contribution in [0.1, 0.15) is 19.8 Å². The number of nitrogens with one attached hydrogen (secondary N) is 2. The lowest BCUT2D eigenvalue weighted by Crippen LogP contribution is -2.45. The van der Waals surface area contributed by atoms with Gasteiger partial charge < -0.3 is 20.6 Å². The van der Waals surface area contributed by atoms with Crippen LogP contribution in [0.3, 0.4) is 0 Å². The molecule has 3 N–H and O–H groups in total. The van der Waals surface area contributed by atoms with Gasteiger partial charge >= 0.3 is 12.0 Å². The summed E-state index contributed by atoms with van der Waals surface area (Å²) < 4.78 is 0. The monoisotopic (exact) mass is 257 g/mol. The van der Waals surface area contributed by atoms with E-state index in [4.69, 9.17) is 5.11 Å². The van der Waals surface area contributed by atoms with Crippen molar-refractivity contribution in [3.8, 4) is 0 Å². The van der Waals surface area contributed by atoms with Crippen molar-refractivity contribution in [3.63, 3.8) is 0 Å². The average molecular weight is 257 g/mol. The second kappa shape index (κ2) is 6.83. The number of carbonyl (C=O) groups is 3. The van der Waals surface area contributed by atoms with Crippen LogP contribution in [0.2, 0.25) is 0 Å². The molecule has 102 valence electrons. The molecule has 0 aliphatic heterocycles. The van der Waals surface area contributed by atoms with E-state index in [0.717, 1.165) is 12.8 Å². The number of hydrogen-bond acceptors (Lipinski definition) is 3. The van der Waals surface area contributed by atoms with E-state index in [2.05, 4.69) is 10.6 Å². The van der Waals surface area contributed by atoms with E-state index in [9.17, 15) is 14.4 Å². The van der Waals surface area contributed by atoms with Gasteiger partial charge in [0, 0.05) is 26.6 Å². The molecule has 0 aromatic heterocycles. The molecule has 0 unspecified atom stereocenters. The Morgan fingerprint density at radius 3 is 2.33 bits per heavy atom. The molecule has 7 heteroatoms. The fraction of sp³-hybridized carbons (Fsp3) is 0.727. The van der Waals surface area contributed by atoms with Gasteiger partial charge in [0.15, 0.2) is 0 Å². The van der Waals surface area contributed by atoms with Crippen molar-refractivity contribution in [1.82, 2.24) is 15.5 Å². The zero-order chi connectivity index (χ0) is 13.5. The molecule has 1 aliphatic rings. The van der Waals surface area contributed by atoms with E-state index in [-0.39, 0.29) is 12.5 Å². The summed E-state index contributed by atoms with van der Waals surface area (Å²) in [6.45, 7) is 2.22. The molecule has 1 aliphatic carbocycles. The van der Waals surface area contributed by atoms with Gasteiger partial charge in [0.1, 0.15) is 6.54 Å². The number of aliphatic carboxylic acids is 1. The number of carbonyl (C=O) groups excluding carboxylic acids is 2. The SMILES string of the molecule is CC(=O)NCCNC(=O)N(CC(=O)O)CC1CC1. The molecule has 0 spiro atoms. The lowest BCUT2D eigenvalue weighted by Gasteiger charge is -2.21. The fourth-order valence-electron chi connectivity index (χ4n) is 1.51. The minimum Gasteiger partial charge on any atom is -0.480 e. The molecular formula is C11H19N3O4. The first-order valence-electron chi connectivity index (χ1n) is 5.98. The third-order valence-corrected chi connectivity index (χ3v) is 2.56. The zero-order valence-electron chi connectivity index (χ0n) is 10.4. The smallest absolute Gasteiger partial charge is 0.323 e. The molecular weight excluding hydrogens is 238 g/mol. The minimum atomic E-state index is -1.02. The van der Waals surface area contributed by atoms with Crippen LogP contribution in [-0.2, 0) is 9.59 Å². The number of carboxylic acids is 1. The van der Waals surface area contributed by atoms with Crippen LogP contribution in [0.5, 0.6) is 0 Å². The van der Waals surface area contributed by atoms with Gasteiger partial charge in [0.2, 0.25) is 5.91 Å². The predicted molar refractivity (Wildman–Crippen MR) is 64.0 cm³/mol. The van der Waals surface area contributed by atoms with Crippen molar-refractivity contribution >= 4 is 17.9 Å². The van der Waals surface area contributed by atoms with E-state index in [1.54, 1.807) is 0 Å². The highest BCUT2D eigenvalue weighted by Gasteiger charge is 2.27. The average Bonchev–Trinajstić information content (AvgIpc) is 3.06. The Morgan fingerprint density at radius 1 is 1.22 bits per heavy atom. The van der Waals surface area contributed by atoms with Crippen molar-refractivity contribution in [2.45, 2.75) is 19.8 Å². The first-order valence-corrected chi connectivity index (χ1v) is 5.98. The summed E-state index contributed by atoms with van der Waals surface area (Å²) in [6.07, 6.45) is 2.10. The van der Waals surface area contributed by atoms with E-state index in [1.165, 1.54) is 11.8 Å². The predicted octanol–water partition coefficient (Wildman–Crippen LogP) is -0.371. The van der Waals surface area contributed by atoms with Crippen LogP contribution in [0.25, 0.3) is 0 Å². The first-order chi connectivity index (χ1) is 8.49. The topological polar surface area (TPSA) is 98.7 Å². The molecule has 1 saturated carbocycles. The van der Waals surface area contributed by atoms with Crippen molar-refractivity contribution in [2.75, 3.05) is 26.2 Å². The molecule has 0 aromatic rings. The van der Waals surface area contributed by atoms with Gasteiger partial charge in [-0.05, 0) is 18.8 Å². The van der Waals surface area contributed by atoms with E-state index < -0.39 is 12.0 Å². The summed E-state index contributed by atoms with van der Waals surface area (Å²) in [5.74, 6) is -0.747. The molecule has 18 heavy (non-hydrogen) atoms. The number of urea groups is 1. The van der Waals surface area contributed by atoms with Crippen LogP contribution in [0.4, 0.5) is 4.79 Å².